The van der Waals surface area contributed by atoms with Gasteiger partial charge in [-0.2, -0.15) is 0 Å². The molecule has 0 fully saturated rings. The van der Waals surface area contributed by atoms with Gasteiger partial charge in [-0.15, -0.1) is 11.3 Å². The number of aryl methyl sites for hydroxylation is 1. The molecule has 0 bridgehead atoms. The minimum absolute atomic E-state index is 0.392. The highest BCUT2D eigenvalue weighted by Gasteiger charge is 2.13. The van der Waals surface area contributed by atoms with Gasteiger partial charge in [0.1, 0.15) is 0 Å². The lowest BCUT2D eigenvalue weighted by Crippen LogP contribution is -2.36. The molecule has 100 valence electrons. The molecule has 0 saturated carbocycles. The molecule has 0 radical (unpaired) electrons. The summed E-state index contributed by atoms with van der Waals surface area (Å²) in [6.07, 6.45) is 12.5. The van der Waals surface area contributed by atoms with E-state index in [1.165, 1.54) is 49.8 Å². The van der Waals surface area contributed by atoms with E-state index in [1.807, 2.05) is 11.3 Å². The second-order valence-corrected chi connectivity index (χ2v) is 6.10. The summed E-state index contributed by atoms with van der Waals surface area (Å²) in [5.41, 5.74) is 4.56. The number of thiophene rings is 1. The summed E-state index contributed by atoms with van der Waals surface area (Å²) in [5.74, 6) is 5.73. The summed E-state index contributed by atoms with van der Waals surface area (Å²) in [5, 5.41) is 2.15. The molecule has 2 nitrogen and oxygen atoms in total. The van der Waals surface area contributed by atoms with E-state index in [0.29, 0.717) is 6.04 Å². The fraction of sp³-hybridized carbons (Fsp3) is 0.600. The zero-order valence-corrected chi connectivity index (χ0v) is 11.8. The largest absolute Gasteiger partial charge is 0.271 e. The lowest BCUT2D eigenvalue weighted by molar-refractivity contribution is 0.516. The molecular formula is C15H24N2S. The number of hydrogen-bond donors (Lipinski definition) is 2. The van der Waals surface area contributed by atoms with Crippen molar-refractivity contribution in [2.75, 3.05) is 0 Å². The molecule has 0 spiro atoms. The van der Waals surface area contributed by atoms with E-state index in [9.17, 15) is 0 Å². The van der Waals surface area contributed by atoms with E-state index in [4.69, 9.17) is 5.84 Å². The smallest absolute Gasteiger partial charge is 0.0419 e. The SMILES string of the molecule is NNC(CCCc1cccs1)C1=CCCCCC1. The summed E-state index contributed by atoms with van der Waals surface area (Å²) in [6, 6.07) is 4.75. The number of hydrazine groups is 1. The summed E-state index contributed by atoms with van der Waals surface area (Å²) >= 11 is 1.85. The molecule has 1 unspecified atom stereocenters. The van der Waals surface area contributed by atoms with Crippen LogP contribution in [0.2, 0.25) is 0 Å². The van der Waals surface area contributed by atoms with Crippen molar-refractivity contribution in [3.63, 3.8) is 0 Å². The van der Waals surface area contributed by atoms with Gasteiger partial charge in [0.25, 0.3) is 0 Å². The van der Waals surface area contributed by atoms with Gasteiger partial charge >= 0.3 is 0 Å². The van der Waals surface area contributed by atoms with Gasteiger partial charge in [0.05, 0.1) is 0 Å². The fourth-order valence-corrected chi connectivity index (χ4v) is 3.42. The van der Waals surface area contributed by atoms with Crippen molar-refractivity contribution in [1.29, 1.82) is 0 Å². The van der Waals surface area contributed by atoms with Crippen molar-refractivity contribution in [2.45, 2.75) is 57.4 Å². The molecule has 0 saturated heterocycles. The van der Waals surface area contributed by atoms with Gasteiger partial charge in [0, 0.05) is 10.9 Å². The Kier molecular flexibility index (Phi) is 5.91. The van der Waals surface area contributed by atoms with Crippen LogP contribution in [-0.2, 0) is 6.42 Å². The molecule has 1 aromatic rings. The Bertz CT molecular complexity index is 357. The van der Waals surface area contributed by atoms with Crippen LogP contribution in [0.15, 0.2) is 29.2 Å². The summed E-state index contributed by atoms with van der Waals surface area (Å²) < 4.78 is 0. The van der Waals surface area contributed by atoms with Crippen molar-refractivity contribution in [3.8, 4) is 0 Å². The summed E-state index contributed by atoms with van der Waals surface area (Å²) in [7, 11) is 0. The first-order valence-corrected chi connectivity index (χ1v) is 7.95. The summed E-state index contributed by atoms with van der Waals surface area (Å²) in [4.78, 5) is 1.49. The van der Waals surface area contributed by atoms with Gasteiger partial charge in [0.2, 0.25) is 0 Å². The maximum atomic E-state index is 5.73. The quantitative estimate of drug-likeness (QED) is 0.466. The van der Waals surface area contributed by atoms with Crippen LogP contribution in [0.3, 0.4) is 0 Å². The first kappa shape index (κ1) is 13.8. The second kappa shape index (κ2) is 7.72. The van der Waals surface area contributed by atoms with E-state index < -0.39 is 0 Å². The molecule has 1 heterocycles. The van der Waals surface area contributed by atoms with Crippen LogP contribution in [0.25, 0.3) is 0 Å². The minimum atomic E-state index is 0.392. The molecule has 2 rings (SSSR count). The zero-order valence-electron chi connectivity index (χ0n) is 11.0. The third-order valence-electron chi connectivity index (χ3n) is 3.72. The first-order chi connectivity index (χ1) is 8.90. The number of nitrogens with two attached hydrogens (primary N) is 1. The zero-order chi connectivity index (χ0) is 12.6. The average Bonchev–Trinajstić information content (AvgIpc) is 2.76. The van der Waals surface area contributed by atoms with Crippen LogP contribution in [0, 0.1) is 0 Å². The highest BCUT2D eigenvalue weighted by atomic mass is 32.1. The standard InChI is InChI=1S/C15H24N2S/c16-17-15(13-7-3-1-2-4-8-13)11-5-9-14-10-6-12-18-14/h6-7,10,12,15,17H,1-5,8-9,11,16H2. The number of nitrogens with one attached hydrogen (secondary N) is 1. The predicted molar refractivity (Wildman–Crippen MR) is 79.5 cm³/mol. The lowest BCUT2D eigenvalue weighted by atomic mass is 9.97. The van der Waals surface area contributed by atoms with E-state index in [2.05, 4.69) is 29.0 Å². The number of allylic oxidation sites excluding steroid dienone is 1. The van der Waals surface area contributed by atoms with Crippen molar-refractivity contribution in [2.24, 2.45) is 5.84 Å². The van der Waals surface area contributed by atoms with Crippen LogP contribution in [-0.4, -0.2) is 6.04 Å². The molecule has 1 aliphatic rings. The minimum Gasteiger partial charge on any atom is -0.271 e. The van der Waals surface area contributed by atoms with Crippen LogP contribution in [0.4, 0.5) is 0 Å². The average molecular weight is 264 g/mol. The second-order valence-electron chi connectivity index (χ2n) is 5.07. The third-order valence-corrected chi connectivity index (χ3v) is 4.66. The fourth-order valence-electron chi connectivity index (χ4n) is 2.67. The normalized spacial score (nSPS) is 18.2. The molecule has 0 amide bonds. The Morgan fingerprint density at radius 1 is 1.33 bits per heavy atom. The first-order valence-electron chi connectivity index (χ1n) is 7.07. The van der Waals surface area contributed by atoms with Crippen molar-refractivity contribution in [3.05, 3.63) is 34.0 Å². The van der Waals surface area contributed by atoms with Crippen LogP contribution < -0.4 is 11.3 Å². The topological polar surface area (TPSA) is 38.0 Å². The Balaban J connectivity index is 1.79. The van der Waals surface area contributed by atoms with Gasteiger partial charge < -0.3 is 0 Å². The van der Waals surface area contributed by atoms with Gasteiger partial charge in [0.15, 0.2) is 0 Å². The maximum Gasteiger partial charge on any atom is 0.0419 e. The van der Waals surface area contributed by atoms with E-state index >= 15 is 0 Å². The molecular weight excluding hydrogens is 240 g/mol. The highest BCUT2D eigenvalue weighted by molar-refractivity contribution is 7.09. The lowest BCUT2D eigenvalue weighted by Gasteiger charge is -2.19. The molecule has 1 aromatic heterocycles. The molecule has 18 heavy (non-hydrogen) atoms. The van der Waals surface area contributed by atoms with Gasteiger partial charge in [-0.05, 0) is 56.4 Å². The van der Waals surface area contributed by atoms with Crippen LogP contribution in [0.1, 0.15) is 49.8 Å². The Labute approximate surface area is 114 Å². The third kappa shape index (κ3) is 4.23. The highest BCUT2D eigenvalue weighted by Crippen LogP contribution is 2.22. The predicted octanol–water partition coefficient (Wildman–Crippen LogP) is 3.79. The van der Waals surface area contributed by atoms with Crippen LogP contribution >= 0.6 is 11.3 Å². The van der Waals surface area contributed by atoms with Crippen molar-refractivity contribution in [1.82, 2.24) is 5.43 Å². The molecule has 3 N–H and O–H groups in total. The molecule has 3 heteroatoms. The molecule has 0 aromatic carbocycles. The summed E-state index contributed by atoms with van der Waals surface area (Å²) in [6.45, 7) is 0. The number of hydrogen-bond acceptors (Lipinski definition) is 3. The van der Waals surface area contributed by atoms with Crippen molar-refractivity contribution >= 4 is 11.3 Å². The maximum absolute atomic E-state index is 5.73. The molecule has 0 aliphatic heterocycles. The van der Waals surface area contributed by atoms with Crippen LogP contribution in [0.5, 0.6) is 0 Å². The monoisotopic (exact) mass is 264 g/mol. The Morgan fingerprint density at radius 3 is 3.06 bits per heavy atom. The molecule has 1 aliphatic carbocycles. The van der Waals surface area contributed by atoms with E-state index in [-0.39, 0.29) is 0 Å². The van der Waals surface area contributed by atoms with E-state index in [1.54, 1.807) is 5.57 Å². The Morgan fingerprint density at radius 2 is 2.28 bits per heavy atom. The van der Waals surface area contributed by atoms with Crippen molar-refractivity contribution < 1.29 is 0 Å². The van der Waals surface area contributed by atoms with Gasteiger partial charge in [-0.3, -0.25) is 11.3 Å². The van der Waals surface area contributed by atoms with E-state index in [0.717, 1.165) is 6.42 Å². The Hall–Kier alpha value is -0.640. The molecule has 1 atom stereocenters. The van der Waals surface area contributed by atoms with Gasteiger partial charge in [-0.25, -0.2) is 0 Å². The van der Waals surface area contributed by atoms with Gasteiger partial charge in [-0.1, -0.05) is 24.1 Å². The number of rotatable bonds is 6.